The summed E-state index contributed by atoms with van der Waals surface area (Å²) in [7, 11) is 1.60. The van der Waals surface area contributed by atoms with Crippen LogP contribution in [0.4, 0.5) is 20.2 Å². The van der Waals surface area contributed by atoms with Crippen molar-refractivity contribution in [1.29, 1.82) is 0 Å². The zero-order valence-corrected chi connectivity index (χ0v) is 15.2. The number of nitrogens with zero attached hydrogens (tertiary/aromatic N) is 2. The molecule has 0 aliphatic rings. The molecule has 142 valence electrons. The lowest BCUT2D eigenvalue weighted by Gasteiger charge is -2.23. The number of rotatable bonds is 7. The van der Waals surface area contributed by atoms with Gasteiger partial charge < -0.3 is 19.7 Å². The maximum atomic E-state index is 14.5. The van der Waals surface area contributed by atoms with Crippen molar-refractivity contribution in [3.8, 4) is 5.88 Å². The summed E-state index contributed by atoms with van der Waals surface area (Å²) < 4.78 is 33.6. The van der Waals surface area contributed by atoms with Gasteiger partial charge in [0.15, 0.2) is 5.88 Å². The van der Waals surface area contributed by atoms with Gasteiger partial charge in [0.25, 0.3) is 0 Å². The first-order chi connectivity index (χ1) is 13.0. The predicted molar refractivity (Wildman–Crippen MR) is 103 cm³/mol. The lowest BCUT2D eigenvalue weighted by Crippen LogP contribution is -2.27. The van der Waals surface area contributed by atoms with Gasteiger partial charge in [-0.15, -0.1) is 0 Å². The average Bonchev–Trinajstić information content (AvgIpc) is 2.98. The number of aromatic amines is 1. The Morgan fingerprint density at radius 1 is 1.22 bits per heavy atom. The number of benzene rings is 2. The number of methoxy groups -OCH3 is 1. The van der Waals surface area contributed by atoms with Crippen LogP contribution < -0.4 is 4.90 Å². The quantitative estimate of drug-likeness (QED) is 0.605. The second-order valence-corrected chi connectivity index (χ2v) is 6.02. The first-order valence-electron chi connectivity index (χ1n) is 8.61. The summed E-state index contributed by atoms with van der Waals surface area (Å²) in [5.74, 6) is -1.06. The molecule has 7 heteroatoms. The van der Waals surface area contributed by atoms with E-state index in [-0.39, 0.29) is 16.8 Å². The maximum Gasteiger partial charge on any atom is 0.198 e. The van der Waals surface area contributed by atoms with Crippen molar-refractivity contribution in [3.05, 3.63) is 53.6 Å². The minimum absolute atomic E-state index is 0.187. The number of likely N-dealkylation sites (N-methyl/N-ethyl adjacent to an activating group) is 1. The SMILES string of the molecule is CCN(CCOC)c1ccc(N=Cc2c(O)[nH]c3cccc(F)c23)cc1F. The molecule has 0 fully saturated rings. The van der Waals surface area contributed by atoms with Gasteiger partial charge in [-0.25, -0.2) is 8.78 Å². The van der Waals surface area contributed by atoms with E-state index in [2.05, 4.69) is 9.98 Å². The molecule has 3 aromatic rings. The van der Waals surface area contributed by atoms with Crippen LogP contribution in [0.25, 0.3) is 10.9 Å². The third-order valence-electron chi connectivity index (χ3n) is 4.35. The molecule has 0 radical (unpaired) electrons. The fourth-order valence-electron chi connectivity index (χ4n) is 2.96. The Hall–Kier alpha value is -2.93. The lowest BCUT2D eigenvalue weighted by atomic mass is 10.1. The molecule has 0 bridgehead atoms. The van der Waals surface area contributed by atoms with Crippen LogP contribution in [0.1, 0.15) is 12.5 Å². The summed E-state index contributed by atoms with van der Waals surface area (Å²) in [6.45, 7) is 3.66. The molecule has 2 N–H and O–H groups in total. The zero-order chi connectivity index (χ0) is 19.4. The summed E-state index contributed by atoms with van der Waals surface area (Å²) in [6, 6.07) is 9.14. The number of aliphatic imine (C=N–C) groups is 1. The molecule has 0 aliphatic carbocycles. The van der Waals surface area contributed by atoms with Crippen LogP contribution in [0.2, 0.25) is 0 Å². The fraction of sp³-hybridized carbons (Fsp3) is 0.250. The van der Waals surface area contributed by atoms with Crippen molar-refractivity contribution in [1.82, 2.24) is 4.98 Å². The molecule has 3 rings (SSSR count). The largest absolute Gasteiger partial charge is 0.494 e. The highest BCUT2D eigenvalue weighted by Gasteiger charge is 2.13. The van der Waals surface area contributed by atoms with E-state index in [1.54, 1.807) is 31.4 Å². The van der Waals surface area contributed by atoms with Gasteiger partial charge in [-0.1, -0.05) is 6.07 Å². The topological polar surface area (TPSA) is 60.9 Å². The fourth-order valence-corrected chi connectivity index (χ4v) is 2.96. The molecule has 0 amide bonds. The number of halogens is 2. The number of aromatic hydroxyl groups is 1. The molecular formula is C20H21F2N3O2. The number of hydrogen-bond donors (Lipinski definition) is 2. The Balaban J connectivity index is 1.89. The van der Waals surface area contributed by atoms with Crippen LogP contribution in [0.5, 0.6) is 5.88 Å². The molecule has 0 unspecified atom stereocenters. The van der Waals surface area contributed by atoms with Gasteiger partial charge in [0.1, 0.15) is 11.6 Å². The van der Waals surface area contributed by atoms with Crippen molar-refractivity contribution in [2.45, 2.75) is 6.92 Å². The van der Waals surface area contributed by atoms with E-state index >= 15 is 0 Å². The van der Waals surface area contributed by atoms with Gasteiger partial charge in [0, 0.05) is 37.9 Å². The third kappa shape index (κ3) is 3.93. The van der Waals surface area contributed by atoms with E-state index in [1.165, 1.54) is 18.3 Å². The average molecular weight is 373 g/mol. The molecule has 5 nitrogen and oxygen atoms in total. The number of ether oxygens (including phenoxy) is 1. The van der Waals surface area contributed by atoms with Crippen LogP contribution in [0.3, 0.4) is 0 Å². The van der Waals surface area contributed by atoms with Crippen molar-refractivity contribution < 1.29 is 18.6 Å². The van der Waals surface area contributed by atoms with Crippen molar-refractivity contribution in [3.63, 3.8) is 0 Å². The van der Waals surface area contributed by atoms with Crippen LogP contribution in [-0.2, 0) is 4.74 Å². The van der Waals surface area contributed by atoms with Gasteiger partial charge in [-0.2, -0.15) is 0 Å². The molecule has 1 aromatic heterocycles. The lowest BCUT2D eigenvalue weighted by molar-refractivity contribution is 0.205. The number of fused-ring (bicyclic) bond motifs is 1. The van der Waals surface area contributed by atoms with Crippen molar-refractivity contribution in [2.75, 3.05) is 31.7 Å². The summed E-state index contributed by atoms with van der Waals surface area (Å²) in [4.78, 5) is 8.76. The second-order valence-electron chi connectivity index (χ2n) is 6.02. The molecule has 1 heterocycles. The van der Waals surface area contributed by atoms with Crippen LogP contribution in [0.15, 0.2) is 41.4 Å². The molecule has 0 spiro atoms. The molecular weight excluding hydrogens is 352 g/mol. The van der Waals surface area contributed by atoms with E-state index in [0.29, 0.717) is 36.6 Å². The highest BCUT2D eigenvalue weighted by atomic mass is 19.1. The van der Waals surface area contributed by atoms with Gasteiger partial charge in [-0.3, -0.25) is 4.99 Å². The van der Waals surface area contributed by atoms with Crippen LogP contribution in [0, 0.1) is 11.6 Å². The summed E-state index contributed by atoms with van der Waals surface area (Å²) in [5.41, 5.74) is 1.52. The first-order valence-corrected chi connectivity index (χ1v) is 8.61. The Labute approximate surface area is 155 Å². The summed E-state index contributed by atoms with van der Waals surface area (Å²) >= 11 is 0. The molecule has 0 saturated heterocycles. The number of anilines is 1. The monoisotopic (exact) mass is 373 g/mol. The van der Waals surface area contributed by atoms with E-state index in [9.17, 15) is 13.9 Å². The van der Waals surface area contributed by atoms with Crippen molar-refractivity contribution >= 4 is 28.5 Å². The van der Waals surface area contributed by atoms with Crippen LogP contribution >= 0.6 is 0 Å². The number of nitrogens with one attached hydrogen (secondary N) is 1. The normalized spacial score (nSPS) is 11.6. The first kappa shape index (κ1) is 18.8. The van der Waals surface area contributed by atoms with Crippen molar-refractivity contribution in [2.24, 2.45) is 4.99 Å². The standard InChI is InChI=1S/C20H21F2N3O2/c1-3-25(9-10-27-2)18-8-7-13(11-16(18)22)23-12-14-19-15(21)5-4-6-17(19)24-20(14)26/h4-8,11-12,24,26H,3,9-10H2,1-2H3. The maximum absolute atomic E-state index is 14.5. The number of H-pyrrole nitrogens is 1. The number of hydrogen-bond acceptors (Lipinski definition) is 4. The molecule has 2 aromatic carbocycles. The highest BCUT2D eigenvalue weighted by Crippen LogP contribution is 2.29. The summed E-state index contributed by atoms with van der Waals surface area (Å²) in [5, 5.41) is 10.3. The number of aromatic nitrogens is 1. The second kappa shape index (κ2) is 8.18. The zero-order valence-electron chi connectivity index (χ0n) is 15.2. The van der Waals surface area contributed by atoms with Gasteiger partial charge in [0.2, 0.25) is 0 Å². The summed E-state index contributed by atoms with van der Waals surface area (Å²) in [6.07, 6.45) is 1.33. The molecule has 0 atom stereocenters. The molecule has 0 saturated carbocycles. The Bertz CT molecular complexity index is 969. The van der Waals surface area contributed by atoms with Gasteiger partial charge in [-0.05, 0) is 31.2 Å². The third-order valence-corrected chi connectivity index (χ3v) is 4.35. The smallest absolute Gasteiger partial charge is 0.198 e. The highest BCUT2D eigenvalue weighted by molar-refractivity contribution is 6.02. The van der Waals surface area contributed by atoms with Crippen LogP contribution in [-0.4, -0.2) is 43.1 Å². The van der Waals surface area contributed by atoms with Gasteiger partial charge in [0.05, 0.1) is 29.1 Å². The van der Waals surface area contributed by atoms with E-state index in [0.717, 1.165) is 0 Å². The minimum Gasteiger partial charge on any atom is -0.494 e. The Morgan fingerprint density at radius 3 is 2.74 bits per heavy atom. The minimum atomic E-state index is -0.469. The van der Waals surface area contributed by atoms with E-state index in [1.807, 2.05) is 11.8 Å². The van der Waals surface area contributed by atoms with E-state index < -0.39 is 11.6 Å². The van der Waals surface area contributed by atoms with E-state index in [4.69, 9.17) is 4.74 Å². The molecule has 27 heavy (non-hydrogen) atoms. The van der Waals surface area contributed by atoms with Gasteiger partial charge >= 0.3 is 0 Å². The molecule has 0 aliphatic heterocycles. The Kier molecular flexibility index (Phi) is 5.71. The predicted octanol–water partition coefficient (Wildman–Crippen LogP) is 4.38. The Morgan fingerprint density at radius 2 is 2.04 bits per heavy atom.